The van der Waals surface area contributed by atoms with Crippen molar-refractivity contribution in [3.63, 3.8) is 0 Å². The van der Waals surface area contributed by atoms with E-state index in [4.69, 9.17) is 5.73 Å². The molecule has 27 heavy (non-hydrogen) atoms. The van der Waals surface area contributed by atoms with Crippen LogP contribution in [0.1, 0.15) is 29.6 Å². The molecule has 0 spiro atoms. The maximum Gasteiger partial charge on any atom is 0.250 e. The van der Waals surface area contributed by atoms with Gasteiger partial charge in [0.05, 0.1) is 17.9 Å². The van der Waals surface area contributed by atoms with Crippen LogP contribution < -0.4 is 10.6 Å². The number of amides is 1. The fourth-order valence-electron chi connectivity index (χ4n) is 3.87. The minimum absolute atomic E-state index is 0.0539. The van der Waals surface area contributed by atoms with Crippen LogP contribution in [0.15, 0.2) is 48.7 Å². The zero-order valence-electron chi connectivity index (χ0n) is 15.4. The van der Waals surface area contributed by atoms with Gasteiger partial charge in [-0.25, -0.2) is 4.68 Å². The molecule has 2 aromatic carbocycles. The number of carbonyl (C=O) groups excluding carboxylic acids is 1. The summed E-state index contributed by atoms with van der Waals surface area (Å²) in [5.41, 5.74) is 8.56. The molecule has 1 aliphatic carbocycles. The highest BCUT2D eigenvalue weighted by atomic mass is 16.3. The monoisotopic (exact) mass is 364 g/mol. The molecule has 1 heterocycles. The average Bonchev–Trinajstić information content (AvgIpc) is 3.08. The molecule has 1 saturated carbocycles. The summed E-state index contributed by atoms with van der Waals surface area (Å²) in [5.74, 6) is -0.475. The highest BCUT2D eigenvalue weighted by molar-refractivity contribution is 6.04. The van der Waals surface area contributed by atoms with Crippen LogP contribution in [0.3, 0.4) is 0 Å². The second kappa shape index (κ2) is 6.70. The van der Waals surface area contributed by atoms with Gasteiger partial charge in [-0.2, -0.15) is 5.10 Å². The highest BCUT2D eigenvalue weighted by Crippen LogP contribution is 2.41. The standard InChI is InChI=1S/C21H24N4O2/c1-24(13-21(14-26)10-3-11-21)16-6-8-17(9-7-16)25-12-15-4-2-5-18(20(22)27)19(15)23-25/h2,4-9,12,26H,3,10-11,13-14H2,1H3,(H2,22,27). The summed E-state index contributed by atoms with van der Waals surface area (Å²) in [6, 6.07) is 13.5. The van der Waals surface area contributed by atoms with E-state index in [9.17, 15) is 9.90 Å². The Kier molecular flexibility index (Phi) is 4.36. The first kappa shape index (κ1) is 17.5. The molecular weight excluding hydrogens is 340 g/mol. The fraction of sp³-hybridized carbons (Fsp3) is 0.333. The summed E-state index contributed by atoms with van der Waals surface area (Å²) in [7, 11) is 2.06. The second-order valence-electron chi connectivity index (χ2n) is 7.57. The van der Waals surface area contributed by atoms with E-state index >= 15 is 0 Å². The number of nitrogens with two attached hydrogens (primary N) is 1. The van der Waals surface area contributed by atoms with Crippen molar-refractivity contribution in [3.05, 3.63) is 54.2 Å². The third-order valence-corrected chi connectivity index (χ3v) is 5.68. The van der Waals surface area contributed by atoms with Gasteiger partial charge in [-0.3, -0.25) is 4.79 Å². The first-order valence-electron chi connectivity index (χ1n) is 9.22. The summed E-state index contributed by atoms with van der Waals surface area (Å²) in [6.07, 6.45) is 5.28. The van der Waals surface area contributed by atoms with Crippen LogP contribution in [0.25, 0.3) is 16.6 Å². The maximum atomic E-state index is 11.6. The van der Waals surface area contributed by atoms with E-state index < -0.39 is 5.91 Å². The topological polar surface area (TPSA) is 84.4 Å². The van der Waals surface area contributed by atoms with Crippen molar-refractivity contribution in [1.82, 2.24) is 9.78 Å². The van der Waals surface area contributed by atoms with Crippen molar-refractivity contribution in [2.75, 3.05) is 25.1 Å². The molecule has 6 nitrogen and oxygen atoms in total. The zero-order chi connectivity index (χ0) is 19.0. The Balaban J connectivity index is 1.58. The number of hydrogen-bond donors (Lipinski definition) is 2. The first-order valence-corrected chi connectivity index (χ1v) is 9.22. The lowest BCUT2D eigenvalue weighted by molar-refractivity contribution is 0.0524. The summed E-state index contributed by atoms with van der Waals surface area (Å²) in [5, 5.41) is 15.1. The van der Waals surface area contributed by atoms with Crippen LogP contribution in [-0.2, 0) is 0 Å². The van der Waals surface area contributed by atoms with E-state index in [1.165, 1.54) is 6.42 Å². The lowest BCUT2D eigenvalue weighted by atomic mass is 9.69. The number of aliphatic hydroxyl groups excluding tert-OH is 1. The van der Waals surface area contributed by atoms with Gasteiger partial charge in [0.15, 0.2) is 0 Å². The van der Waals surface area contributed by atoms with E-state index in [0.29, 0.717) is 11.1 Å². The van der Waals surface area contributed by atoms with E-state index in [1.54, 1.807) is 10.7 Å². The van der Waals surface area contributed by atoms with Gasteiger partial charge in [0, 0.05) is 36.3 Å². The van der Waals surface area contributed by atoms with E-state index in [2.05, 4.69) is 29.2 Å². The van der Waals surface area contributed by atoms with Crippen molar-refractivity contribution >= 4 is 22.5 Å². The number of carbonyl (C=O) groups is 1. The molecule has 1 amide bonds. The number of rotatable bonds is 6. The molecule has 0 aliphatic heterocycles. The van der Waals surface area contributed by atoms with Gasteiger partial charge in [0.2, 0.25) is 0 Å². The number of fused-ring (bicyclic) bond motifs is 1. The van der Waals surface area contributed by atoms with Gasteiger partial charge in [-0.15, -0.1) is 0 Å². The van der Waals surface area contributed by atoms with Crippen LogP contribution in [0, 0.1) is 5.41 Å². The Labute approximate surface area is 158 Å². The Hall–Kier alpha value is -2.86. The second-order valence-corrected chi connectivity index (χ2v) is 7.57. The lowest BCUT2D eigenvalue weighted by Gasteiger charge is -2.43. The van der Waals surface area contributed by atoms with Gasteiger partial charge in [0.25, 0.3) is 5.91 Å². The zero-order valence-corrected chi connectivity index (χ0v) is 15.4. The number of aliphatic hydroxyl groups is 1. The molecule has 140 valence electrons. The van der Waals surface area contributed by atoms with Crippen molar-refractivity contribution in [2.24, 2.45) is 11.1 Å². The van der Waals surface area contributed by atoms with Crippen molar-refractivity contribution < 1.29 is 9.90 Å². The van der Waals surface area contributed by atoms with Gasteiger partial charge in [-0.1, -0.05) is 18.6 Å². The Bertz CT molecular complexity index is 968. The van der Waals surface area contributed by atoms with Gasteiger partial charge in [0.1, 0.15) is 5.52 Å². The number of hydrogen-bond acceptors (Lipinski definition) is 4. The summed E-state index contributed by atoms with van der Waals surface area (Å²) in [4.78, 5) is 13.8. The van der Waals surface area contributed by atoms with Crippen LogP contribution >= 0.6 is 0 Å². The minimum atomic E-state index is -0.475. The van der Waals surface area contributed by atoms with Crippen LogP contribution in [-0.4, -0.2) is 41.0 Å². The van der Waals surface area contributed by atoms with E-state index in [0.717, 1.165) is 36.1 Å². The highest BCUT2D eigenvalue weighted by Gasteiger charge is 2.37. The molecule has 3 N–H and O–H groups in total. The number of aromatic nitrogens is 2. The lowest BCUT2D eigenvalue weighted by Crippen LogP contribution is -2.43. The van der Waals surface area contributed by atoms with Crippen LogP contribution in [0.5, 0.6) is 0 Å². The minimum Gasteiger partial charge on any atom is -0.396 e. The van der Waals surface area contributed by atoms with Crippen molar-refractivity contribution in [2.45, 2.75) is 19.3 Å². The first-order chi connectivity index (χ1) is 13.0. The Morgan fingerprint density at radius 1 is 1.26 bits per heavy atom. The van der Waals surface area contributed by atoms with E-state index in [1.807, 2.05) is 30.5 Å². The molecule has 1 aromatic heterocycles. The normalized spacial score (nSPS) is 15.5. The number of anilines is 1. The van der Waals surface area contributed by atoms with Crippen molar-refractivity contribution in [3.8, 4) is 5.69 Å². The maximum absolute atomic E-state index is 11.6. The summed E-state index contributed by atoms with van der Waals surface area (Å²) < 4.78 is 1.77. The van der Waals surface area contributed by atoms with Gasteiger partial charge >= 0.3 is 0 Å². The molecule has 0 unspecified atom stereocenters. The van der Waals surface area contributed by atoms with Crippen LogP contribution in [0.4, 0.5) is 5.69 Å². The quantitative estimate of drug-likeness (QED) is 0.704. The fourth-order valence-corrected chi connectivity index (χ4v) is 3.87. The molecule has 0 bridgehead atoms. The van der Waals surface area contributed by atoms with E-state index in [-0.39, 0.29) is 12.0 Å². The van der Waals surface area contributed by atoms with Gasteiger partial charge in [-0.05, 0) is 43.2 Å². The summed E-state index contributed by atoms with van der Waals surface area (Å²) in [6.45, 7) is 1.11. The molecule has 6 heteroatoms. The SMILES string of the molecule is CN(CC1(CO)CCC1)c1ccc(-n2cc3cccc(C(N)=O)c3n2)cc1. The molecule has 4 rings (SSSR count). The predicted octanol–water partition coefficient (Wildman–Crippen LogP) is 2.72. The molecule has 1 aliphatic rings. The number of primary amides is 1. The summed E-state index contributed by atoms with van der Waals surface area (Å²) >= 11 is 0. The van der Waals surface area contributed by atoms with Crippen molar-refractivity contribution in [1.29, 1.82) is 0 Å². The smallest absolute Gasteiger partial charge is 0.250 e. The largest absolute Gasteiger partial charge is 0.396 e. The molecule has 0 saturated heterocycles. The Morgan fingerprint density at radius 2 is 2.00 bits per heavy atom. The molecule has 3 aromatic rings. The molecule has 0 radical (unpaired) electrons. The Morgan fingerprint density at radius 3 is 2.59 bits per heavy atom. The molecule has 1 fully saturated rings. The third-order valence-electron chi connectivity index (χ3n) is 5.68. The average molecular weight is 364 g/mol. The number of nitrogens with zero attached hydrogens (tertiary/aromatic N) is 3. The predicted molar refractivity (Wildman–Crippen MR) is 106 cm³/mol. The molecular formula is C21H24N4O2. The third kappa shape index (κ3) is 3.17. The molecule has 0 atom stereocenters. The van der Waals surface area contributed by atoms with Gasteiger partial charge < -0.3 is 15.7 Å². The van der Waals surface area contributed by atoms with Crippen LogP contribution in [0.2, 0.25) is 0 Å². The number of benzene rings is 2.